The van der Waals surface area contributed by atoms with E-state index in [9.17, 15) is 24.9 Å². The first-order valence-corrected chi connectivity index (χ1v) is 15.6. The van der Waals surface area contributed by atoms with Crippen LogP contribution in [0, 0.1) is 0 Å². The molecule has 1 heterocycles. The van der Waals surface area contributed by atoms with Crippen molar-refractivity contribution in [1.82, 2.24) is 10.2 Å². The van der Waals surface area contributed by atoms with Gasteiger partial charge in [-0.15, -0.1) is 0 Å². The van der Waals surface area contributed by atoms with Crippen LogP contribution in [0.5, 0.6) is 17.2 Å². The van der Waals surface area contributed by atoms with Gasteiger partial charge in [0.1, 0.15) is 18.0 Å². The molecule has 44 heavy (non-hydrogen) atoms. The number of amides is 2. The average Bonchev–Trinajstić information content (AvgIpc) is 3.44. The second-order valence-corrected chi connectivity index (χ2v) is 11.3. The maximum absolute atomic E-state index is 13.9. The molecule has 0 saturated heterocycles. The fraction of sp³-hybridized carbons (Fsp3) is 0.529. The topological polar surface area (TPSA) is 138 Å². The summed E-state index contributed by atoms with van der Waals surface area (Å²) < 4.78 is 17.4. The largest absolute Gasteiger partial charge is 0.496 e. The summed E-state index contributed by atoms with van der Waals surface area (Å²) in [7, 11) is 3.10. The van der Waals surface area contributed by atoms with Crippen molar-refractivity contribution in [3.8, 4) is 17.2 Å². The average molecular weight is 611 g/mol. The van der Waals surface area contributed by atoms with Crippen LogP contribution in [0.3, 0.4) is 0 Å². The molecular weight excluding hydrogens is 564 g/mol. The molecule has 240 valence electrons. The van der Waals surface area contributed by atoms with Gasteiger partial charge in [-0.25, -0.2) is 0 Å². The van der Waals surface area contributed by atoms with E-state index in [0.29, 0.717) is 53.3 Å². The number of para-hydroxylation sites is 1. The Morgan fingerprint density at radius 2 is 1.77 bits per heavy atom. The van der Waals surface area contributed by atoms with Gasteiger partial charge in [0.05, 0.1) is 39.4 Å². The van der Waals surface area contributed by atoms with E-state index in [4.69, 9.17) is 14.2 Å². The molecule has 0 spiro atoms. The summed E-state index contributed by atoms with van der Waals surface area (Å²) in [6.07, 6.45) is 5.38. The number of unbranched alkanes of at least 4 members (excludes halogenated alkanes) is 4. The lowest BCUT2D eigenvalue weighted by atomic mass is 9.77. The van der Waals surface area contributed by atoms with Gasteiger partial charge in [0, 0.05) is 30.6 Å². The van der Waals surface area contributed by atoms with E-state index in [1.54, 1.807) is 30.2 Å². The molecule has 2 aliphatic rings. The number of hydrogen-bond donors (Lipinski definition) is 4. The quantitative estimate of drug-likeness (QED) is 0.213. The first-order chi connectivity index (χ1) is 21.4. The number of carbonyl (C=O) groups is 2. The minimum absolute atomic E-state index is 0.0443. The smallest absolute Gasteiger partial charge is 0.247 e. The van der Waals surface area contributed by atoms with Crippen LogP contribution < -0.4 is 19.5 Å². The fourth-order valence-corrected chi connectivity index (χ4v) is 6.23. The van der Waals surface area contributed by atoms with Crippen LogP contribution in [0.25, 0.3) is 0 Å². The molecule has 2 aromatic rings. The van der Waals surface area contributed by atoms with Gasteiger partial charge >= 0.3 is 0 Å². The summed E-state index contributed by atoms with van der Waals surface area (Å²) in [6.45, 7) is 2.00. The highest BCUT2D eigenvalue weighted by Crippen LogP contribution is 2.51. The number of nitrogens with zero attached hydrogens (tertiary/aromatic N) is 1. The Kier molecular flexibility index (Phi) is 12.1. The van der Waals surface area contributed by atoms with Crippen LogP contribution in [-0.4, -0.2) is 84.2 Å². The number of nitrogens with one attached hydrogen (secondary N) is 1. The molecule has 10 heteroatoms. The molecule has 0 bridgehead atoms. The third-order valence-corrected chi connectivity index (χ3v) is 8.48. The summed E-state index contributed by atoms with van der Waals surface area (Å²) in [5.41, 5.74) is 2.44. The summed E-state index contributed by atoms with van der Waals surface area (Å²) in [5.74, 6) is 0.285. The third-order valence-electron chi connectivity index (χ3n) is 8.48. The Balaban J connectivity index is 1.72. The molecule has 4 unspecified atom stereocenters. The van der Waals surface area contributed by atoms with Gasteiger partial charge in [-0.2, -0.15) is 0 Å². The predicted molar refractivity (Wildman–Crippen MR) is 166 cm³/mol. The van der Waals surface area contributed by atoms with Crippen molar-refractivity contribution in [3.05, 3.63) is 64.7 Å². The molecule has 4 N–H and O–H groups in total. The van der Waals surface area contributed by atoms with E-state index in [1.807, 2.05) is 24.3 Å². The van der Waals surface area contributed by atoms with Gasteiger partial charge in [-0.05, 0) is 48.2 Å². The maximum Gasteiger partial charge on any atom is 0.247 e. The molecule has 2 aromatic carbocycles. The normalized spacial score (nSPS) is 20.2. The van der Waals surface area contributed by atoms with Gasteiger partial charge in [-0.3, -0.25) is 9.59 Å². The van der Waals surface area contributed by atoms with Gasteiger partial charge in [0.15, 0.2) is 11.5 Å². The molecule has 0 fully saturated rings. The lowest BCUT2D eigenvalue weighted by Gasteiger charge is -2.41. The van der Waals surface area contributed by atoms with Crippen LogP contribution in [0.2, 0.25) is 0 Å². The standard InChI is InChI=1S/C34H46N2O8/c1-4-5-6-7-8-13-29(39)36(16-14-23-11-9-10-12-27(23)42-2)26-20-25(34(41)35-15-17-37)30-24-18-22(21-38)19-28(43-3)32(24)44-33(30)31(26)40/h9-12,18-20,26,30-31,33,37-38,40H,4-8,13-17,21H2,1-3H3,(H,35,41). The second-order valence-electron chi connectivity index (χ2n) is 11.3. The summed E-state index contributed by atoms with van der Waals surface area (Å²) in [5, 5.41) is 33.9. The highest BCUT2D eigenvalue weighted by atomic mass is 16.5. The summed E-state index contributed by atoms with van der Waals surface area (Å²) in [6, 6.07) is 10.2. The number of aliphatic hydroxyl groups excluding tert-OH is 3. The zero-order chi connectivity index (χ0) is 31.6. The molecule has 10 nitrogen and oxygen atoms in total. The molecule has 0 radical (unpaired) electrons. The fourth-order valence-electron chi connectivity index (χ4n) is 6.23. The molecule has 2 amide bonds. The van der Waals surface area contributed by atoms with Crippen LogP contribution in [0.15, 0.2) is 48.0 Å². The lowest BCUT2D eigenvalue weighted by Crippen LogP contribution is -2.56. The first kappa shape index (κ1) is 33.3. The highest BCUT2D eigenvalue weighted by Gasteiger charge is 2.51. The van der Waals surface area contributed by atoms with Crippen molar-refractivity contribution in [2.24, 2.45) is 0 Å². The zero-order valence-electron chi connectivity index (χ0n) is 26.0. The van der Waals surface area contributed by atoms with E-state index in [0.717, 1.165) is 37.7 Å². The van der Waals surface area contributed by atoms with Gasteiger partial charge < -0.3 is 39.7 Å². The van der Waals surface area contributed by atoms with Crippen molar-refractivity contribution in [2.75, 3.05) is 33.9 Å². The minimum atomic E-state index is -1.16. The van der Waals surface area contributed by atoms with Crippen molar-refractivity contribution in [2.45, 2.75) is 82.6 Å². The van der Waals surface area contributed by atoms with E-state index in [2.05, 4.69) is 12.2 Å². The minimum Gasteiger partial charge on any atom is -0.496 e. The molecule has 4 rings (SSSR count). The SMILES string of the molecule is CCCCCCCC(=O)N(CCc1ccccc1OC)C1C=C(C(=O)NCCO)C2c3cc(CO)cc(OC)c3OC2C1O. The van der Waals surface area contributed by atoms with Crippen molar-refractivity contribution in [3.63, 3.8) is 0 Å². The van der Waals surface area contributed by atoms with Gasteiger partial charge in [0.2, 0.25) is 11.8 Å². The Morgan fingerprint density at radius 3 is 2.48 bits per heavy atom. The molecule has 1 aliphatic heterocycles. The number of carbonyl (C=O) groups excluding carboxylic acids is 2. The number of aliphatic hydroxyl groups is 3. The highest BCUT2D eigenvalue weighted by molar-refractivity contribution is 5.96. The van der Waals surface area contributed by atoms with Crippen LogP contribution in [0.1, 0.15) is 68.1 Å². The number of benzene rings is 2. The van der Waals surface area contributed by atoms with Crippen molar-refractivity contribution in [1.29, 1.82) is 0 Å². The Hall–Kier alpha value is -3.60. The third kappa shape index (κ3) is 7.36. The van der Waals surface area contributed by atoms with E-state index in [-0.39, 0.29) is 25.7 Å². The van der Waals surface area contributed by atoms with E-state index < -0.39 is 30.1 Å². The van der Waals surface area contributed by atoms with Gasteiger partial charge in [0.25, 0.3) is 0 Å². The van der Waals surface area contributed by atoms with Crippen molar-refractivity contribution < 1.29 is 39.1 Å². The number of hydrogen-bond acceptors (Lipinski definition) is 8. The van der Waals surface area contributed by atoms with Gasteiger partial charge in [-0.1, -0.05) is 50.8 Å². The number of fused-ring (bicyclic) bond motifs is 3. The molecule has 0 saturated carbocycles. The lowest BCUT2D eigenvalue weighted by molar-refractivity contribution is -0.137. The van der Waals surface area contributed by atoms with E-state index >= 15 is 0 Å². The molecule has 0 aromatic heterocycles. The maximum atomic E-state index is 13.9. The molecule has 1 aliphatic carbocycles. The summed E-state index contributed by atoms with van der Waals surface area (Å²) in [4.78, 5) is 29.1. The second kappa shape index (κ2) is 15.9. The zero-order valence-corrected chi connectivity index (χ0v) is 26.0. The van der Waals surface area contributed by atoms with Crippen molar-refractivity contribution >= 4 is 11.8 Å². The monoisotopic (exact) mass is 610 g/mol. The van der Waals surface area contributed by atoms with Crippen LogP contribution in [0.4, 0.5) is 0 Å². The van der Waals surface area contributed by atoms with Crippen LogP contribution in [-0.2, 0) is 22.6 Å². The molecular formula is C34H46N2O8. The molecule has 4 atom stereocenters. The first-order valence-electron chi connectivity index (χ1n) is 15.6. The summed E-state index contributed by atoms with van der Waals surface area (Å²) >= 11 is 0. The number of methoxy groups -OCH3 is 2. The Labute approximate surface area is 259 Å². The Bertz CT molecular complexity index is 1310. The predicted octanol–water partition coefficient (Wildman–Crippen LogP) is 3.25. The Morgan fingerprint density at radius 1 is 1.02 bits per heavy atom. The van der Waals surface area contributed by atoms with Crippen LogP contribution >= 0.6 is 0 Å². The number of rotatable bonds is 16. The number of ether oxygens (including phenoxy) is 3. The van der Waals surface area contributed by atoms with E-state index in [1.165, 1.54) is 7.11 Å².